The number of nitrogens with one attached hydrogen (secondary N) is 1. The Labute approximate surface area is 122 Å². The number of morpholine rings is 1. The summed E-state index contributed by atoms with van der Waals surface area (Å²) in [6.07, 6.45) is 5.14. The third kappa shape index (κ3) is 2.77. The highest BCUT2D eigenvalue weighted by molar-refractivity contribution is 5.28. The van der Waals surface area contributed by atoms with Crippen molar-refractivity contribution >= 4 is 0 Å². The van der Waals surface area contributed by atoms with Gasteiger partial charge >= 0.3 is 0 Å². The highest BCUT2D eigenvalue weighted by Gasteiger charge is 2.42. The summed E-state index contributed by atoms with van der Waals surface area (Å²) < 4.78 is 6.61. The van der Waals surface area contributed by atoms with Crippen molar-refractivity contribution in [2.75, 3.05) is 13.1 Å². The normalized spacial score (nSPS) is 28.4. The lowest BCUT2D eigenvalue weighted by molar-refractivity contribution is -0.147. The third-order valence-corrected chi connectivity index (χ3v) is 5.22. The van der Waals surface area contributed by atoms with E-state index in [4.69, 9.17) is 4.74 Å². The molecule has 0 aromatic heterocycles. The van der Waals surface area contributed by atoms with E-state index in [0.717, 1.165) is 13.1 Å². The molecule has 2 heteroatoms. The van der Waals surface area contributed by atoms with Crippen LogP contribution in [0, 0.1) is 12.3 Å². The lowest BCUT2D eigenvalue weighted by Gasteiger charge is -2.48. The van der Waals surface area contributed by atoms with Crippen LogP contribution in [-0.4, -0.2) is 18.7 Å². The van der Waals surface area contributed by atoms with E-state index in [0.29, 0.717) is 5.41 Å². The summed E-state index contributed by atoms with van der Waals surface area (Å²) in [5, 5.41) is 3.62. The average molecular weight is 273 g/mol. The van der Waals surface area contributed by atoms with E-state index in [1.807, 2.05) is 0 Å². The van der Waals surface area contributed by atoms with Crippen LogP contribution in [0.5, 0.6) is 0 Å². The molecule has 1 saturated carbocycles. The quantitative estimate of drug-likeness (QED) is 0.835. The van der Waals surface area contributed by atoms with Crippen LogP contribution >= 0.6 is 0 Å². The Kier molecular flexibility index (Phi) is 3.64. The largest absolute Gasteiger partial charge is 0.364 e. The molecule has 1 aromatic rings. The van der Waals surface area contributed by atoms with Crippen molar-refractivity contribution in [3.8, 4) is 0 Å². The van der Waals surface area contributed by atoms with Crippen molar-refractivity contribution in [3.05, 3.63) is 35.4 Å². The Hall–Kier alpha value is -0.860. The minimum Gasteiger partial charge on any atom is -0.364 e. The minimum atomic E-state index is 0.0702. The fourth-order valence-corrected chi connectivity index (χ4v) is 3.61. The molecule has 0 radical (unpaired) electrons. The van der Waals surface area contributed by atoms with Crippen molar-refractivity contribution in [2.24, 2.45) is 5.41 Å². The van der Waals surface area contributed by atoms with Gasteiger partial charge in [-0.05, 0) is 49.1 Å². The molecule has 1 unspecified atom stereocenters. The second-order valence-electron chi connectivity index (χ2n) is 7.44. The summed E-state index contributed by atoms with van der Waals surface area (Å²) in [4.78, 5) is 0. The van der Waals surface area contributed by atoms with E-state index >= 15 is 0 Å². The number of ether oxygens (including phenoxy) is 1. The van der Waals surface area contributed by atoms with Crippen molar-refractivity contribution in [2.45, 2.75) is 58.2 Å². The molecule has 1 saturated heterocycles. The lowest BCUT2D eigenvalue weighted by atomic mass is 9.70. The monoisotopic (exact) mass is 273 g/mol. The van der Waals surface area contributed by atoms with Gasteiger partial charge in [-0.25, -0.2) is 0 Å². The van der Waals surface area contributed by atoms with Crippen molar-refractivity contribution < 1.29 is 4.74 Å². The molecule has 110 valence electrons. The van der Waals surface area contributed by atoms with Gasteiger partial charge in [0.25, 0.3) is 0 Å². The van der Waals surface area contributed by atoms with Gasteiger partial charge in [0.15, 0.2) is 0 Å². The molecule has 2 aliphatic rings. The fraction of sp³-hybridized carbons (Fsp3) is 0.667. The van der Waals surface area contributed by atoms with Gasteiger partial charge in [0.2, 0.25) is 0 Å². The van der Waals surface area contributed by atoms with Crippen LogP contribution < -0.4 is 5.32 Å². The topological polar surface area (TPSA) is 21.3 Å². The van der Waals surface area contributed by atoms with Gasteiger partial charge in [-0.2, -0.15) is 0 Å². The van der Waals surface area contributed by atoms with Crippen LogP contribution in [0.2, 0.25) is 0 Å². The van der Waals surface area contributed by atoms with Gasteiger partial charge < -0.3 is 10.1 Å². The Morgan fingerprint density at radius 1 is 1.10 bits per heavy atom. The zero-order valence-corrected chi connectivity index (χ0v) is 13.0. The first-order chi connectivity index (χ1) is 9.50. The summed E-state index contributed by atoms with van der Waals surface area (Å²) in [7, 11) is 0. The molecule has 1 aliphatic heterocycles. The Balaban J connectivity index is 1.76. The molecule has 1 aromatic carbocycles. The summed E-state index contributed by atoms with van der Waals surface area (Å²) in [6, 6.07) is 8.63. The molecule has 2 fully saturated rings. The molecular formula is C18H27NO. The fourth-order valence-electron chi connectivity index (χ4n) is 3.61. The predicted octanol–water partition coefficient (Wildman–Crippen LogP) is 3.99. The van der Waals surface area contributed by atoms with Crippen LogP contribution in [0.25, 0.3) is 0 Å². The zero-order chi connectivity index (χ0) is 14.2. The van der Waals surface area contributed by atoms with Crippen molar-refractivity contribution in [1.82, 2.24) is 5.32 Å². The first-order valence-electron chi connectivity index (χ1n) is 7.94. The SMILES string of the molecule is Cc1ccccc1C1CNCC2(CCC(C)(C)CC2)O1. The first kappa shape index (κ1) is 14.1. The zero-order valence-electron chi connectivity index (χ0n) is 13.0. The van der Waals surface area contributed by atoms with Crippen LogP contribution in [0.4, 0.5) is 0 Å². The number of benzene rings is 1. The first-order valence-corrected chi connectivity index (χ1v) is 7.94. The highest BCUT2D eigenvalue weighted by Crippen LogP contribution is 2.45. The predicted molar refractivity (Wildman–Crippen MR) is 82.9 cm³/mol. The second-order valence-corrected chi connectivity index (χ2v) is 7.44. The Bertz CT molecular complexity index is 470. The van der Waals surface area contributed by atoms with Gasteiger partial charge in [0.1, 0.15) is 0 Å². The van der Waals surface area contributed by atoms with Gasteiger partial charge in [0.05, 0.1) is 11.7 Å². The summed E-state index contributed by atoms with van der Waals surface area (Å²) in [6.45, 7) is 8.91. The van der Waals surface area contributed by atoms with E-state index < -0.39 is 0 Å². The highest BCUT2D eigenvalue weighted by atomic mass is 16.5. The van der Waals surface area contributed by atoms with Crippen LogP contribution in [0.3, 0.4) is 0 Å². The van der Waals surface area contributed by atoms with E-state index in [9.17, 15) is 0 Å². The maximum absolute atomic E-state index is 6.61. The van der Waals surface area contributed by atoms with Gasteiger partial charge in [0, 0.05) is 13.1 Å². The lowest BCUT2D eigenvalue weighted by Crippen LogP contribution is -2.53. The second kappa shape index (κ2) is 5.16. The van der Waals surface area contributed by atoms with Gasteiger partial charge in [-0.3, -0.25) is 0 Å². The maximum Gasteiger partial charge on any atom is 0.0959 e. The number of hydrogen-bond acceptors (Lipinski definition) is 2. The van der Waals surface area contributed by atoms with Gasteiger partial charge in [-0.15, -0.1) is 0 Å². The standard InChI is InChI=1S/C18H27NO/c1-14-6-4-5-7-15(14)16-12-19-13-18(20-16)10-8-17(2,3)9-11-18/h4-7,16,19H,8-13H2,1-3H3. The van der Waals surface area contributed by atoms with Crippen LogP contribution in [0.15, 0.2) is 24.3 Å². The van der Waals surface area contributed by atoms with Crippen molar-refractivity contribution in [3.63, 3.8) is 0 Å². The Morgan fingerprint density at radius 2 is 1.80 bits per heavy atom. The number of rotatable bonds is 1. The molecule has 0 bridgehead atoms. The molecule has 1 heterocycles. The van der Waals surface area contributed by atoms with Gasteiger partial charge in [-0.1, -0.05) is 38.1 Å². The molecular weight excluding hydrogens is 246 g/mol. The van der Waals surface area contributed by atoms with Crippen LogP contribution in [-0.2, 0) is 4.74 Å². The van der Waals surface area contributed by atoms with Crippen LogP contribution in [0.1, 0.15) is 56.8 Å². The third-order valence-electron chi connectivity index (χ3n) is 5.22. The molecule has 1 aliphatic carbocycles. The summed E-state index contributed by atoms with van der Waals surface area (Å²) in [5.41, 5.74) is 3.25. The molecule has 20 heavy (non-hydrogen) atoms. The Morgan fingerprint density at radius 3 is 2.50 bits per heavy atom. The smallest absolute Gasteiger partial charge is 0.0959 e. The molecule has 2 nitrogen and oxygen atoms in total. The van der Waals surface area contributed by atoms with Crippen molar-refractivity contribution in [1.29, 1.82) is 0 Å². The summed E-state index contributed by atoms with van der Waals surface area (Å²) in [5.74, 6) is 0. The number of hydrogen-bond donors (Lipinski definition) is 1. The van der Waals surface area contributed by atoms with E-state index in [-0.39, 0.29) is 11.7 Å². The number of aryl methyl sites for hydroxylation is 1. The van der Waals surface area contributed by atoms with E-state index in [1.165, 1.54) is 36.8 Å². The molecule has 1 atom stereocenters. The molecule has 3 rings (SSSR count). The molecule has 1 spiro atoms. The molecule has 0 amide bonds. The van der Waals surface area contributed by atoms with E-state index in [2.05, 4.69) is 50.4 Å². The minimum absolute atomic E-state index is 0.0702. The van der Waals surface area contributed by atoms with E-state index in [1.54, 1.807) is 0 Å². The maximum atomic E-state index is 6.61. The summed E-state index contributed by atoms with van der Waals surface area (Å²) >= 11 is 0. The average Bonchev–Trinajstić information content (AvgIpc) is 2.44. The molecule has 1 N–H and O–H groups in total.